The summed E-state index contributed by atoms with van der Waals surface area (Å²) in [7, 11) is -2.40. The number of carbonyl (C=O) groups is 1. The van der Waals surface area contributed by atoms with E-state index in [1.807, 2.05) is 54.6 Å². The fourth-order valence-corrected chi connectivity index (χ4v) is 7.68. The summed E-state index contributed by atoms with van der Waals surface area (Å²) in [5, 5.41) is 0. The second kappa shape index (κ2) is 16.8. The maximum Gasteiger partial charge on any atom is 0.333 e. The fraction of sp³-hybridized carbons (Fsp3) is 0.182. The van der Waals surface area contributed by atoms with Gasteiger partial charge < -0.3 is 4.74 Å². The van der Waals surface area contributed by atoms with Crippen LogP contribution in [0.5, 0.6) is 0 Å². The van der Waals surface area contributed by atoms with Gasteiger partial charge in [-0.15, -0.1) is 0 Å². The van der Waals surface area contributed by atoms with Gasteiger partial charge >= 0.3 is 5.97 Å². The Bertz CT molecular complexity index is 1500. The highest BCUT2D eigenvalue weighted by Gasteiger charge is 2.29. The molecule has 6 nitrogen and oxygen atoms in total. The van der Waals surface area contributed by atoms with Crippen molar-refractivity contribution in [2.24, 2.45) is 0 Å². The fourth-order valence-electron chi connectivity index (χ4n) is 3.71. The van der Waals surface area contributed by atoms with Gasteiger partial charge in [0.25, 0.3) is 0 Å². The first-order valence-corrected chi connectivity index (χ1v) is 17.2. The van der Waals surface area contributed by atoms with E-state index >= 15 is 0 Å². The van der Waals surface area contributed by atoms with Gasteiger partial charge in [0.15, 0.2) is 25.8 Å². The number of unbranched alkanes of at least 4 members (excludes halogenated alkanes) is 1. The summed E-state index contributed by atoms with van der Waals surface area (Å²) in [6.07, 6.45) is 1.40. The molecule has 4 rings (SSSR count). The summed E-state index contributed by atoms with van der Waals surface area (Å²) >= 11 is -1.21. The molecular formula is C33H35O6S3+. The Morgan fingerprint density at radius 1 is 0.738 bits per heavy atom. The van der Waals surface area contributed by atoms with Gasteiger partial charge in [0.2, 0.25) is 9.84 Å². The summed E-state index contributed by atoms with van der Waals surface area (Å²) < 4.78 is 45.9. The van der Waals surface area contributed by atoms with E-state index in [1.54, 1.807) is 43.3 Å². The number of esters is 1. The predicted octanol–water partition coefficient (Wildman–Crippen LogP) is 6.81. The molecule has 0 aliphatic heterocycles. The number of hydrogen-bond donors (Lipinski definition) is 0. The molecular weight excluding hydrogens is 589 g/mol. The first-order chi connectivity index (χ1) is 20.2. The van der Waals surface area contributed by atoms with Crippen molar-refractivity contribution < 1.29 is 26.3 Å². The summed E-state index contributed by atoms with van der Waals surface area (Å²) in [4.78, 5) is 15.0. The van der Waals surface area contributed by atoms with Gasteiger partial charge in [-0.3, -0.25) is 4.18 Å². The smallest absolute Gasteiger partial charge is 0.333 e. The Kier molecular flexibility index (Phi) is 13.2. The Labute approximate surface area is 254 Å². The molecule has 0 bridgehead atoms. The number of benzene rings is 4. The lowest BCUT2D eigenvalue weighted by molar-refractivity contribution is -0.139. The zero-order chi connectivity index (χ0) is 30.4. The van der Waals surface area contributed by atoms with Gasteiger partial charge in [-0.25, -0.2) is 17.4 Å². The Morgan fingerprint density at radius 2 is 1.19 bits per heavy atom. The van der Waals surface area contributed by atoms with Crippen LogP contribution in [0.2, 0.25) is 0 Å². The molecule has 0 aliphatic rings. The average molecular weight is 624 g/mol. The lowest BCUT2D eigenvalue weighted by atomic mass is 10.3. The molecule has 0 amide bonds. The molecule has 0 N–H and O–H groups in total. The van der Waals surface area contributed by atoms with Gasteiger partial charge in [-0.1, -0.05) is 61.2 Å². The lowest BCUT2D eigenvalue weighted by Crippen LogP contribution is -2.07. The van der Waals surface area contributed by atoms with E-state index in [-0.39, 0.29) is 16.9 Å². The van der Waals surface area contributed by atoms with Crippen molar-refractivity contribution in [3.05, 3.63) is 127 Å². The normalized spacial score (nSPS) is 11.7. The summed E-state index contributed by atoms with van der Waals surface area (Å²) in [6.45, 7) is 5.39. The molecule has 220 valence electrons. The van der Waals surface area contributed by atoms with Crippen molar-refractivity contribution >= 4 is 37.8 Å². The topological polar surface area (TPSA) is 86.7 Å². The number of rotatable bonds is 12. The molecule has 0 spiro atoms. The van der Waals surface area contributed by atoms with E-state index in [2.05, 4.69) is 35.0 Å². The Morgan fingerprint density at radius 3 is 1.67 bits per heavy atom. The molecule has 42 heavy (non-hydrogen) atoms. The maximum atomic E-state index is 12.9. The average Bonchev–Trinajstić information content (AvgIpc) is 3.03. The van der Waals surface area contributed by atoms with Crippen LogP contribution in [-0.4, -0.2) is 38.1 Å². The molecule has 4 aromatic rings. The van der Waals surface area contributed by atoms with Gasteiger partial charge in [0.1, 0.15) is 0 Å². The van der Waals surface area contributed by atoms with Gasteiger partial charge in [-0.05, 0) is 80.4 Å². The van der Waals surface area contributed by atoms with E-state index in [0.717, 1.165) is 4.90 Å². The van der Waals surface area contributed by atoms with Crippen LogP contribution >= 0.6 is 0 Å². The molecule has 1 atom stereocenters. The quantitative estimate of drug-likeness (QED) is 0.0746. The second-order valence-electron chi connectivity index (χ2n) is 9.02. The molecule has 4 aromatic carbocycles. The highest BCUT2D eigenvalue weighted by molar-refractivity contribution is 7.97. The monoisotopic (exact) mass is 623 g/mol. The number of carbonyl (C=O) groups excluding carboxylic acids is 1. The minimum atomic E-state index is -3.51. The van der Waals surface area contributed by atoms with E-state index in [0.29, 0.717) is 40.6 Å². The Hall–Kier alpha value is -3.50. The van der Waals surface area contributed by atoms with Crippen LogP contribution in [0.3, 0.4) is 0 Å². The lowest BCUT2D eigenvalue weighted by Gasteiger charge is -2.09. The Balaban J connectivity index is 0.000000295. The van der Waals surface area contributed by atoms with Crippen LogP contribution < -0.4 is 0 Å². The van der Waals surface area contributed by atoms with Crippen molar-refractivity contribution in [2.75, 3.05) is 19.5 Å². The highest BCUT2D eigenvalue weighted by atomic mass is 32.2. The molecule has 9 heteroatoms. The first-order valence-electron chi connectivity index (χ1n) is 13.2. The highest BCUT2D eigenvalue weighted by Crippen LogP contribution is 2.32. The van der Waals surface area contributed by atoms with Gasteiger partial charge in [0.05, 0.1) is 34.4 Å². The van der Waals surface area contributed by atoms with Crippen molar-refractivity contribution in [1.82, 2.24) is 0 Å². The number of sulfone groups is 1. The molecule has 0 aliphatic carbocycles. The number of hydrogen-bond acceptors (Lipinski definition) is 6. The zero-order valence-corrected chi connectivity index (χ0v) is 26.1. The first kappa shape index (κ1) is 33.0. The van der Waals surface area contributed by atoms with E-state index in [9.17, 15) is 17.4 Å². The van der Waals surface area contributed by atoms with Crippen LogP contribution in [-0.2, 0) is 45.5 Å². The van der Waals surface area contributed by atoms with Crippen LogP contribution in [0.1, 0.15) is 19.8 Å². The third-order valence-electron chi connectivity index (χ3n) is 5.85. The van der Waals surface area contributed by atoms with Crippen LogP contribution in [0.15, 0.2) is 152 Å². The standard InChI is InChI=1S/C24H19O2S2.C9H16O4S/c25-28(26,23-14-8-3-9-15-23)24-18-16-22(17-19-24)27(20-10-4-1-5-11-20)21-12-6-2-7-13-21;1-8(2)9(10)13-6-4-5-7-14(11)12-3/h1-19H;1,4-7H2,2-3H3/q+1;. The van der Waals surface area contributed by atoms with Crippen molar-refractivity contribution in [3.8, 4) is 0 Å². The van der Waals surface area contributed by atoms with Crippen LogP contribution in [0, 0.1) is 0 Å². The third kappa shape index (κ3) is 9.80. The van der Waals surface area contributed by atoms with Crippen LogP contribution in [0.25, 0.3) is 0 Å². The number of ether oxygens (including phenoxy) is 1. The van der Waals surface area contributed by atoms with Gasteiger partial charge in [0, 0.05) is 11.3 Å². The molecule has 0 radical (unpaired) electrons. The van der Waals surface area contributed by atoms with Crippen molar-refractivity contribution in [1.29, 1.82) is 0 Å². The summed E-state index contributed by atoms with van der Waals surface area (Å²) in [6, 6.07) is 36.4. The van der Waals surface area contributed by atoms with E-state index < -0.39 is 20.9 Å². The minimum Gasteiger partial charge on any atom is -0.462 e. The molecule has 0 fully saturated rings. The van der Waals surface area contributed by atoms with E-state index in [4.69, 9.17) is 4.74 Å². The summed E-state index contributed by atoms with van der Waals surface area (Å²) in [5.74, 6) is 0.0964. The third-order valence-corrected chi connectivity index (χ3v) is 10.9. The van der Waals surface area contributed by atoms with Crippen molar-refractivity contribution in [3.63, 3.8) is 0 Å². The summed E-state index contributed by atoms with van der Waals surface area (Å²) in [5.41, 5.74) is 0.394. The molecule has 0 heterocycles. The maximum absolute atomic E-state index is 12.9. The second-order valence-corrected chi connectivity index (χ2v) is 14.3. The molecule has 0 saturated carbocycles. The van der Waals surface area contributed by atoms with Gasteiger partial charge in [-0.2, -0.15) is 0 Å². The van der Waals surface area contributed by atoms with Crippen LogP contribution in [0.4, 0.5) is 0 Å². The largest absolute Gasteiger partial charge is 0.462 e. The molecule has 0 saturated heterocycles. The molecule has 1 unspecified atom stereocenters. The van der Waals surface area contributed by atoms with Crippen molar-refractivity contribution in [2.45, 2.75) is 44.2 Å². The minimum absolute atomic E-state index is 0.289. The predicted molar refractivity (Wildman–Crippen MR) is 168 cm³/mol. The van der Waals surface area contributed by atoms with E-state index in [1.165, 1.54) is 16.9 Å². The molecule has 0 aromatic heterocycles. The SMILES string of the molecule is C=C(C)C(=O)OCCCCS(=O)OC.O=S(=O)(c1ccccc1)c1ccc([S+](c2ccccc2)c2ccccc2)cc1. The zero-order valence-electron chi connectivity index (χ0n) is 23.7.